The second-order valence-electron chi connectivity index (χ2n) is 5.57. The number of methoxy groups -OCH3 is 1. The smallest absolute Gasteiger partial charge is 0.338 e. The van der Waals surface area contributed by atoms with Gasteiger partial charge in [-0.15, -0.1) is 0 Å². The second-order valence-corrected chi connectivity index (χ2v) is 5.57. The highest BCUT2D eigenvalue weighted by Gasteiger charge is 2.34. The van der Waals surface area contributed by atoms with Crippen molar-refractivity contribution in [3.63, 3.8) is 0 Å². The van der Waals surface area contributed by atoms with E-state index in [4.69, 9.17) is 14.6 Å². The third-order valence-electron chi connectivity index (χ3n) is 3.93. The van der Waals surface area contributed by atoms with Gasteiger partial charge < -0.3 is 19.9 Å². The van der Waals surface area contributed by atoms with Crippen molar-refractivity contribution < 1.29 is 24.2 Å². The molecule has 1 aromatic heterocycles. The molecule has 0 saturated carbocycles. The summed E-state index contributed by atoms with van der Waals surface area (Å²) in [5.74, 6) is -1.18. The number of hydrogen-bond acceptors (Lipinski definition) is 8. The van der Waals surface area contributed by atoms with Crippen molar-refractivity contribution in [1.29, 1.82) is 0 Å². The van der Waals surface area contributed by atoms with Crippen LogP contribution in [0.15, 0.2) is 35.5 Å². The Kier molecular flexibility index (Phi) is 4.94. The summed E-state index contributed by atoms with van der Waals surface area (Å²) in [5.41, 5.74) is 1.69. The van der Waals surface area contributed by atoms with E-state index in [9.17, 15) is 9.59 Å². The molecule has 0 spiro atoms. The van der Waals surface area contributed by atoms with E-state index in [1.165, 1.54) is 23.9 Å². The molecular weight excluding hydrogens is 342 g/mol. The Morgan fingerprint density at radius 3 is 2.65 bits per heavy atom. The molecule has 1 aliphatic rings. The van der Waals surface area contributed by atoms with Crippen LogP contribution in [0.4, 0.5) is 5.95 Å². The van der Waals surface area contributed by atoms with Crippen LogP contribution < -0.4 is 5.32 Å². The van der Waals surface area contributed by atoms with E-state index >= 15 is 0 Å². The number of benzene rings is 1. The van der Waals surface area contributed by atoms with Gasteiger partial charge in [0.2, 0.25) is 5.95 Å². The van der Waals surface area contributed by atoms with Crippen molar-refractivity contribution in [2.45, 2.75) is 13.0 Å². The molecule has 136 valence electrons. The Balaban J connectivity index is 2.00. The van der Waals surface area contributed by atoms with Crippen LogP contribution in [0.3, 0.4) is 0 Å². The molecule has 2 N–H and O–H groups in total. The van der Waals surface area contributed by atoms with Crippen molar-refractivity contribution in [2.24, 2.45) is 0 Å². The van der Waals surface area contributed by atoms with Gasteiger partial charge in [-0.1, -0.05) is 17.2 Å². The van der Waals surface area contributed by atoms with E-state index in [0.717, 1.165) is 0 Å². The fourth-order valence-electron chi connectivity index (χ4n) is 2.69. The van der Waals surface area contributed by atoms with Crippen molar-refractivity contribution in [3.8, 4) is 0 Å². The monoisotopic (exact) mass is 359 g/mol. The summed E-state index contributed by atoms with van der Waals surface area (Å²) in [6.45, 7) is 2.11. The number of aromatic nitrogens is 4. The molecule has 0 amide bonds. The van der Waals surface area contributed by atoms with Crippen LogP contribution >= 0.6 is 0 Å². The summed E-state index contributed by atoms with van der Waals surface area (Å²) in [6, 6.07) is 5.54. The molecule has 1 aromatic carbocycles. The van der Waals surface area contributed by atoms with Gasteiger partial charge in [0.05, 0.1) is 17.7 Å². The maximum Gasteiger partial charge on any atom is 0.338 e. The molecule has 0 saturated heterocycles. The van der Waals surface area contributed by atoms with E-state index in [0.29, 0.717) is 22.8 Å². The molecular formula is C16H17N5O5. The van der Waals surface area contributed by atoms with Gasteiger partial charge in [0.1, 0.15) is 12.6 Å². The molecule has 3 rings (SSSR count). The fraction of sp³-hybridized carbons (Fsp3) is 0.312. The average Bonchev–Trinajstić information content (AvgIpc) is 3.08. The lowest BCUT2D eigenvalue weighted by Gasteiger charge is -2.27. The minimum Gasteiger partial charge on any atom is -0.478 e. The number of aromatic carboxylic acids is 1. The van der Waals surface area contributed by atoms with Crippen LogP contribution in [0.5, 0.6) is 0 Å². The zero-order valence-corrected chi connectivity index (χ0v) is 14.2. The Labute approximate surface area is 148 Å². The van der Waals surface area contributed by atoms with E-state index in [1.54, 1.807) is 19.1 Å². The first-order valence-corrected chi connectivity index (χ1v) is 7.78. The standard InChI is InChI=1S/C16H17N5O5/c1-9-12(15(24)26-8-7-25-2)13(21-16(17-9)18-19-20-21)10-3-5-11(6-4-10)14(22)23/h3-6,13H,7-8H2,1-2H3,(H,22,23)(H,17,18,20)/t13-/m0/s1. The van der Waals surface area contributed by atoms with Gasteiger partial charge in [-0.3, -0.25) is 0 Å². The Morgan fingerprint density at radius 1 is 1.27 bits per heavy atom. The topological polar surface area (TPSA) is 128 Å². The first-order chi connectivity index (χ1) is 12.5. The predicted octanol–water partition coefficient (Wildman–Crippen LogP) is 0.850. The number of fused-ring (bicyclic) bond motifs is 1. The molecule has 1 aliphatic heterocycles. The number of anilines is 1. The number of carboxylic acids is 1. The third kappa shape index (κ3) is 3.26. The van der Waals surface area contributed by atoms with Crippen LogP contribution in [-0.2, 0) is 14.3 Å². The van der Waals surface area contributed by atoms with Gasteiger partial charge in [-0.25, -0.2) is 9.59 Å². The number of ether oxygens (including phenoxy) is 2. The first kappa shape index (κ1) is 17.5. The first-order valence-electron chi connectivity index (χ1n) is 7.78. The number of allylic oxidation sites excluding steroid dienone is 1. The molecule has 2 heterocycles. The van der Waals surface area contributed by atoms with Crippen molar-refractivity contribution in [1.82, 2.24) is 20.2 Å². The third-order valence-corrected chi connectivity index (χ3v) is 3.93. The SMILES string of the molecule is COCCOC(=O)C1=C(C)Nc2nnnn2[C@H]1c1ccc(C(=O)O)cc1. The van der Waals surface area contributed by atoms with E-state index < -0.39 is 18.0 Å². The summed E-state index contributed by atoms with van der Waals surface area (Å²) in [4.78, 5) is 23.7. The Bertz CT molecular complexity index is 858. The predicted molar refractivity (Wildman–Crippen MR) is 88.5 cm³/mol. The fourth-order valence-corrected chi connectivity index (χ4v) is 2.69. The zero-order chi connectivity index (χ0) is 18.7. The molecule has 2 aromatic rings. The molecule has 0 aliphatic carbocycles. The van der Waals surface area contributed by atoms with Gasteiger partial charge in [-0.05, 0) is 35.0 Å². The van der Waals surface area contributed by atoms with Crippen molar-refractivity contribution in [2.75, 3.05) is 25.6 Å². The van der Waals surface area contributed by atoms with Gasteiger partial charge in [0, 0.05) is 12.8 Å². The lowest BCUT2D eigenvalue weighted by molar-refractivity contribution is -0.140. The number of hydrogen-bond donors (Lipinski definition) is 2. The minimum absolute atomic E-state index is 0.110. The van der Waals surface area contributed by atoms with Crippen LogP contribution in [-0.4, -0.2) is 57.6 Å². The summed E-state index contributed by atoms with van der Waals surface area (Å²) in [5, 5.41) is 23.5. The highest BCUT2D eigenvalue weighted by Crippen LogP contribution is 2.34. The average molecular weight is 359 g/mol. The van der Waals surface area contributed by atoms with E-state index in [-0.39, 0.29) is 18.8 Å². The van der Waals surface area contributed by atoms with Crippen molar-refractivity contribution >= 4 is 17.9 Å². The number of carboxylic acid groups (broad SMARTS) is 1. The molecule has 10 nitrogen and oxygen atoms in total. The molecule has 0 radical (unpaired) electrons. The molecule has 0 fully saturated rings. The van der Waals surface area contributed by atoms with Crippen LogP contribution in [0.25, 0.3) is 0 Å². The Morgan fingerprint density at radius 2 is 2.00 bits per heavy atom. The lowest BCUT2D eigenvalue weighted by atomic mass is 9.95. The summed E-state index contributed by atoms with van der Waals surface area (Å²) in [7, 11) is 1.51. The van der Waals surface area contributed by atoms with E-state index in [1.807, 2.05) is 0 Å². The maximum absolute atomic E-state index is 12.6. The maximum atomic E-state index is 12.6. The van der Waals surface area contributed by atoms with Crippen LogP contribution in [0.2, 0.25) is 0 Å². The number of carbonyl (C=O) groups is 2. The molecule has 1 atom stereocenters. The largest absolute Gasteiger partial charge is 0.478 e. The number of rotatable bonds is 6. The number of esters is 1. The molecule has 26 heavy (non-hydrogen) atoms. The number of nitrogens with one attached hydrogen (secondary N) is 1. The zero-order valence-electron chi connectivity index (χ0n) is 14.2. The van der Waals surface area contributed by atoms with Gasteiger partial charge in [0.25, 0.3) is 0 Å². The second kappa shape index (κ2) is 7.31. The highest BCUT2D eigenvalue weighted by molar-refractivity contribution is 5.92. The van der Waals surface area contributed by atoms with Crippen LogP contribution in [0.1, 0.15) is 28.9 Å². The molecule has 0 unspecified atom stereocenters. The van der Waals surface area contributed by atoms with Gasteiger partial charge in [0.15, 0.2) is 0 Å². The quantitative estimate of drug-likeness (QED) is 0.569. The number of carbonyl (C=O) groups excluding carboxylic acids is 1. The normalized spacial score (nSPS) is 16.0. The number of tetrazole rings is 1. The summed E-state index contributed by atoms with van der Waals surface area (Å²) in [6.07, 6.45) is 0. The van der Waals surface area contributed by atoms with Gasteiger partial charge >= 0.3 is 11.9 Å². The Hall–Kier alpha value is -3.27. The minimum atomic E-state index is -1.03. The highest BCUT2D eigenvalue weighted by atomic mass is 16.6. The molecule has 0 bridgehead atoms. The summed E-state index contributed by atoms with van der Waals surface area (Å²) < 4.78 is 11.6. The lowest BCUT2D eigenvalue weighted by Crippen LogP contribution is -2.30. The van der Waals surface area contributed by atoms with Crippen molar-refractivity contribution in [3.05, 3.63) is 46.7 Å². The summed E-state index contributed by atoms with van der Waals surface area (Å²) >= 11 is 0. The number of nitrogens with zero attached hydrogens (tertiary/aromatic N) is 4. The van der Waals surface area contributed by atoms with Gasteiger partial charge in [-0.2, -0.15) is 4.68 Å². The van der Waals surface area contributed by atoms with Crippen LogP contribution in [0, 0.1) is 0 Å². The van der Waals surface area contributed by atoms with E-state index in [2.05, 4.69) is 20.8 Å². The molecule has 10 heteroatoms.